The molecule has 0 radical (unpaired) electrons. The minimum atomic E-state index is -0.184. The van der Waals surface area contributed by atoms with Crippen LogP contribution in [0.25, 0.3) is 0 Å². The number of benzene rings is 2. The minimum Gasteiger partial charge on any atom is -0.489 e. The van der Waals surface area contributed by atoms with Crippen LogP contribution in [0.2, 0.25) is 0 Å². The van der Waals surface area contributed by atoms with Crippen LogP contribution in [-0.2, 0) is 25.1 Å². The number of carbonyl (C=O) groups is 1. The van der Waals surface area contributed by atoms with Crippen molar-refractivity contribution in [3.63, 3.8) is 0 Å². The molecule has 2 heterocycles. The average molecular weight is 472 g/mol. The second-order valence-electron chi connectivity index (χ2n) is 9.72. The zero-order valence-corrected chi connectivity index (χ0v) is 21.1. The first-order valence-electron chi connectivity index (χ1n) is 11.9. The van der Waals surface area contributed by atoms with Crippen LogP contribution in [0.3, 0.4) is 0 Å². The molecule has 0 aliphatic carbocycles. The topological polar surface area (TPSA) is 74.0 Å². The lowest BCUT2D eigenvalue weighted by atomic mass is 9.87. The van der Waals surface area contributed by atoms with Gasteiger partial charge < -0.3 is 10.1 Å². The molecular weight excluding hydrogens is 438 g/mol. The van der Waals surface area contributed by atoms with Gasteiger partial charge in [0, 0.05) is 29.6 Å². The summed E-state index contributed by atoms with van der Waals surface area (Å²) in [6.07, 6.45) is 5.35. The van der Waals surface area contributed by atoms with Crippen molar-refractivity contribution >= 4 is 11.6 Å². The van der Waals surface area contributed by atoms with Gasteiger partial charge in [0.25, 0.3) is 5.91 Å². The molecule has 0 bridgehead atoms. The van der Waals surface area contributed by atoms with E-state index in [9.17, 15) is 4.79 Å². The van der Waals surface area contributed by atoms with E-state index in [1.165, 1.54) is 5.56 Å². The Bertz CT molecular complexity index is 1300. The lowest BCUT2D eigenvalue weighted by Crippen LogP contribution is -2.12. The maximum atomic E-state index is 12.8. The van der Waals surface area contributed by atoms with Crippen LogP contribution in [0, 0.1) is 6.92 Å². The van der Waals surface area contributed by atoms with E-state index in [4.69, 9.17) is 4.74 Å². The van der Waals surface area contributed by atoms with Crippen LogP contribution >= 0.6 is 0 Å². The van der Waals surface area contributed by atoms with Gasteiger partial charge in [-0.3, -0.25) is 14.2 Å². The standard InChI is InChI=1S/C28H33N5O2/c1-6-33-20(2)23(15-30-33)17-32-18-25(16-29-32)31-27(34)22-9-7-8-21(14-22)19-35-26-12-10-24(11-13-26)28(3,4)5/h7-16,18H,6,17,19H2,1-5H3,(H,31,34). The van der Waals surface area contributed by atoms with Gasteiger partial charge in [0.15, 0.2) is 0 Å². The van der Waals surface area contributed by atoms with Crippen molar-refractivity contribution in [1.29, 1.82) is 0 Å². The van der Waals surface area contributed by atoms with Crippen molar-refractivity contribution in [3.8, 4) is 5.75 Å². The first-order valence-corrected chi connectivity index (χ1v) is 11.9. The van der Waals surface area contributed by atoms with Gasteiger partial charge in [0.1, 0.15) is 12.4 Å². The number of hydrogen-bond donors (Lipinski definition) is 1. The molecule has 7 heteroatoms. The second kappa shape index (κ2) is 10.2. The van der Waals surface area contributed by atoms with Gasteiger partial charge in [-0.1, -0.05) is 45.0 Å². The van der Waals surface area contributed by atoms with E-state index in [0.717, 1.165) is 29.1 Å². The molecule has 4 rings (SSSR count). The summed E-state index contributed by atoms with van der Waals surface area (Å²) >= 11 is 0. The number of aryl methyl sites for hydroxylation is 1. The molecule has 0 spiro atoms. The van der Waals surface area contributed by atoms with E-state index >= 15 is 0 Å². The molecule has 35 heavy (non-hydrogen) atoms. The molecule has 0 saturated heterocycles. The smallest absolute Gasteiger partial charge is 0.255 e. The van der Waals surface area contributed by atoms with Crippen LogP contribution in [-0.4, -0.2) is 25.5 Å². The van der Waals surface area contributed by atoms with Crippen molar-refractivity contribution in [3.05, 3.63) is 95.1 Å². The number of hydrogen-bond acceptors (Lipinski definition) is 4. The summed E-state index contributed by atoms with van der Waals surface area (Å²) in [4.78, 5) is 12.8. The lowest BCUT2D eigenvalue weighted by molar-refractivity contribution is 0.102. The third-order valence-corrected chi connectivity index (χ3v) is 6.04. The van der Waals surface area contributed by atoms with E-state index in [-0.39, 0.29) is 11.3 Å². The van der Waals surface area contributed by atoms with Gasteiger partial charge in [-0.15, -0.1) is 0 Å². The zero-order valence-electron chi connectivity index (χ0n) is 21.1. The van der Waals surface area contributed by atoms with Crippen molar-refractivity contribution in [1.82, 2.24) is 19.6 Å². The van der Waals surface area contributed by atoms with Gasteiger partial charge in [0.2, 0.25) is 0 Å². The number of anilines is 1. The van der Waals surface area contributed by atoms with Crippen LogP contribution in [0.1, 0.15) is 60.4 Å². The Morgan fingerprint density at radius 3 is 2.51 bits per heavy atom. The van der Waals surface area contributed by atoms with Gasteiger partial charge in [-0.25, -0.2) is 0 Å². The highest BCUT2D eigenvalue weighted by atomic mass is 16.5. The van der Waals surface area contributed by atoms with Crippen molar-refractivity contribution in [2.75, 3.05) is 5.32 Å². The van der Waals surface area contributed by atoms with E-state index < -0.39 is 0 Å². The first-order chi connectivity index (χ1) is 16.7. The second-order valence-corrected chi connectivity index (χ2v) is 9.72. The van der Waals surface area contributed by atoms with Crippen LogP contribution in [0.5, 0.6) is 5.75 Å². The van der Waals surface area contributed by atoms with Crippen molar-refractivity contribution in [2.24, 2.45) is 0 Å². The Balaban J connectivity index is 1.35. The van der Waals surface area contributed by atoms with Crippen LogP contribution in [0.4, 0.5) is 5.69 Å². The lowest BCUT2D eigenvalue weighted by Gasteiger charge is -2.19. The summed E-state index contributed by atoms with van der Waals surface area (Å²) in [6.45, 7) is 12.5. The number of nitrogens with one attached hydrogen (secondary N) is 1. The number of aromatic nitrogens is 4. The molecule has 0 fully saturated rings. The number of ether oxygens (including phenoxy) is 1. The molecule has 0 atom stereocenters. The Morgan fingerprint density at radius 1 is 1.06 bits per heavy atom. The molecule has 0 saturated carbocycles. The highest BCUT2D eigenvalue weighted by Gasteiger charge is 2.13. The van der Waals surface area contributed by atoms with E-state index in [1.54, 1.807) is 16.9 Å². The SMILES string of the molecule is CCn1ncc(Cn2cc(NC(=O)c3cccc(COc4ccc(C(C)(C)C)cc4)c3)cn2)c1C. The summed E-state index contributed by atoms with van der Waals surface area (Å²) in [5, 5.41) is 11.7. The van der Waals surface area contributed by atoms with Gasteiger partial charge >= 0.3 is 0 Å². The Labute approximate surface area is 206 Å². The fraction of sp³-hybridized carbons (Fsp3) is 0.321. The van der Waals surface area contributed by atoms with E-state index in [1.807, 2.05) is 47.4 Å². The van der Waals surface area contributed by atoms with E-state index in [0.29, 0.717) is 24.4 Å². The predicted molar refractivity (Wildman–Crippen MR) is 138 cm³/mol. The average Bonchev–Trinajstić information content (AvgIpc) is 3.43. The molecule has 2 aromatic carbocycles. The molecule has 0 aliphatic rings. The molecule has 4 aromatic rings. The van der Waals surface area contributed by atoms with Crippen molar-refractivity contribution in [2.45, 2.75) is 59.7 Å². The maximum absolute atomic E-state index is 12.8. The quantitative estimate of drug-likeness (QED) is 0.364. The number of amides is 1. The Kier molecular flexibility index (Phi) is 7.05. The highest BCUT2D eigenvalue weighted by molar-refractivity contribution is 6.04. The number of carbonyl (C=O) groups excluding carboxylic acids is 1. The highest BCUT2D eigenvalue weighted by Crippen LogP contribution is 2.24. The molecule has 0 aliphatic heterocycles. The van der Waals surface area contributed by atoms with Crippen molar-refractivity contribution < 1.29 is 9.53 Å². The molecule has 182 valence electrons. The largest absolute Gasteiger partial charge is 0.489 e. The molecule has 7 nitrogen and oxygen atoms in total. The Hall–Kier alpha value is -3.87. The number of rotatable bonds is 8. The maximum Gasteiger partial charge on any atom is 0.255 e. The number of nitrogens with zero attached hydrogens (tertiary/aromatic N) is 4. The van der Waals surface area contributed by atoms with Crippen LogP contribution in [0.15, 0.2) is 67.1 Å². The van der Waals surface area contributed by atoms with E-state index in [2.05, 4.69) is 62.3 Å². The van der Waals surface area contributed by atoms with Gasteiger partial charge in [0.05, 0.1) is 24.6 Å². The minimum absolute atomic E-state index is 0.105. The molecule has 1 N–H and O–H groups in total. The molecule has 0 unspecified atom stereocenters. The fourth-order valence-corrected chi connectivity index (χ4v) is 3.87. The van der Waals surface area contributed by atoms with Gasteiger partial charge in [-0.05, 0) is 54.7 Å². The first kappa shape index (κ1) is 24.3. The summed E-state index contributed by atoms with van der Waals surface area (Å²) < 4.78 is 9.70. The summed E-state index contributed by atoms with van der Waals surface area (Å²) in [5.41, 5.74) is 5.74. The Morgan fingerprint density at radius 2 is 1.83 bits per heavy atom. The predicted octanol–water partition coefficient (Wildman–Crippen LogP) is 5.59. The molecular formula is C28H33N5O2. The van der Waals surface area contributed by atoms with Gasteiger partial charge in [-0.2, -0.15) is 10.2 Å². The monoisotopic (exact) mass is 471 g/mol. The normalized spacial score (nSPS) is 11.5. The fourth-order valence-electron chi connectivity index (χ4n) is 3.87. The third kappa shape index (κ3) is 5.98. The molecule has 2 aromatic heterocycles. The summed E-state index contributed by atoms with van der Waals surface area (Å²) in [7, 11) is 0. The summed E-state index contributed by atoms with van der Waals surface area (Å²) in [5.74, 6) is 0.621. The molecule has 1 amide bonds. The zero-order chi connectivity index (χ0) is 25.0. The third-order valence-electron chi connectivity index (χ3n) is 6.04. The van der Waals surface area contributed by atoms with Crippen LogP contribution < -0.4 is 10.1 Å². The summed E-state index contributed by atoms with van der Waals surface area (Å²) in [6, 6.07) is 15.6.